The fraction of sp³-hybridized carbons (Fsp3) is 0.750. The van der Waals surface area contributed by atoms with Gasteiger partial charge in [-0.3, -0.25) is 4.79 Å². The van der Waals surface area contributed by atoms with E-state index in [0.29, 0.717) is 17.1 Å². The van der Waals surface area contributed by atoms with Gasteiger partial charge in [-0.1, -0.05) is 146 Å². The third-order valence-corrected chi connectivity index (χ3v) is 6.48. The van der Waals surface area contributed by atoms with Crippen LogP contribution in [0.15, 0.2) is 24.3 Å². The molecule has 1 amide bonds. The van der Waals surface area contributed by atoms with Gasteiger partial charge >= 0.3 is 0 Å². The molecular weight excluding hydrogens is 402 g/mol. The van der Waals surface area contributed by atoms with E-state index in [1.165, 1.54) is 109 Å². The van der Waals surface area contributed by atoms with Crippen molar-refractivity contribution in [2.45, 2.75) is 135 Å². The molecular formula is C28H48ClNO. The maximum Gasteiger partial charge on any atom is 0.224 e. The summed E-state index contributed by atoms with van der Waals surface area (Å²) in [4.78, 5) is 12.0. The molecule has 1 aromatic rings. The summed E-state index contributed by atoms with van der Waals surface area (Å²) >= 11 is 6.07. The minimum atomic E-state index is 0.0695. The molecule has 0 saturated carbocycles. The lowest BCUT2D eigenvalue weighted by Gasteiger charge is -2.07. The number of nitrogens with one attached hydrogen (secondary N) is 1. The maximum absolute atomic E-state index is 12.0. The largest absolute Gasteiger partial charge is 0.325 e. The van der Waals surface area contributed by atoms with Crippen LogP contribution in [0.25, 0.3) is 0 Å². The van der Waals surface area contributed by atoms with E-state index in [1.54, 1.807) is 6.07 Å². The van der Waals surface area contributed by atoms with Gasteiger partial charge in [0.2, 0.25) is 5.91 Å². The average molecular weight is 450 g/mol. The molecule has 178 valence electrons. The molecule has 0 radical (unpaired) electrons. The van der Waals surface area contributed by atoms with E-state index in [4.69, 9.17) is 11.6 Å². The first-order chi connectivity index (χ1) is 15.2. The number of amides is 1. The molecule has 1 aromatic carbocycles. The van der Waals surface area contributed by atoms with Crippen molar-refractivity contribution in [2.24, 2.45) is 0 Å². The van der Waals surface area contributed by atoms with Crippen LogP contribution < -0.4 is 5.32 Å². The minimum Gasteiger partial charge on any atom is -0.325 e. The zero-order valence-electron chi connectivity index (χ0n) is 20.2. The van der Waals surface area contributed by atoms with E-state index in [2.05, 4.69) is 12.2 Å². The molecule has 0 unspecified atom stereocenters. The lowest BCUT2D eigenvalue weighted by Crippen LogP contribution is -2.11. The van der Waals surface area contributed by atoms with Gasteiger partial charge < -0.3 is 5.32 Å². The van der Waals surface area contributed by atoms with Crippen molar-refractivity contribution in [3.05, 3.63) is 29.3 Å². The van der Waals surface area contributed by atoms with Crippen LogP contribution in [-0.2, 0) is 4.79 Å². The highest BCUT2D eigenvalue weighted by atomic mass is 35.5. The monoisotopic (exact) mass is 449 g/mol. The van der Waals surface area contributed by atoms with Crippen LogP contribution in [0.3, 0.4) is 0 Å². The number of anilines is 1. The van der Waals surface area contributed by atoms with Gasteiger partial charge in [-0.05, 0) is 18.6 Å². The second-order valence-electron chi connectivity index (χ2n) is 9.14. The third-order valence-electron chi connectivity index (χ3n) is 6.16. The molecule has 0 aromatic heterocycles. The summed E-state index contributed by atoms with van der Waals surface area (Å²) < 4.78 is 0. The van der Waals surface area contributed by atoms with Crippen LogP contribution in [0.2, 0.25) is 5.02 Å². The number of hydrogen-bond acceptors (Lipinski definition) is 1. The Hall–Kier alpha value is -1.02. The summed E-state index contributed by atoms with van der Waals surface area (Å²) in [7, 11) is 0. The Morgan fingerprint density at radius 3 is 1.45 bits per heavy atom. The standard InChI is InChI=1S/C28H48ClNO/c1-2-3-4-5-6-7-8-9-10-11-12-13-14-15-16-17-18-19-20-25-28(31)30-27-24-22-21-23-26(27)29/h21-24H,2-20,25H2,1H3,(H,30,31). The second kappa shape index (κ2) is 20.9. The number of hydrogen-bond donors (Lipinski definition) is 1. The van der Waals surface area contributed by atoms with Gasteiger partial charge in [-0.2, -0.15) is 0 Å². The fourth-order valence-corrected chi connectivity index (χ4v) is 4.32. The SMILES string of the molecule is CCCCCCCCCCCCCCCCCCCCCC(=O)Nc1ccccc1Cl. The van der Waals surface area contributed by atoms with Gasteiger partial charge in [-0.15, -0.1) is 0 Å². The molecule has 1 rings (SSSR count). The summed E-state index contributed by atoms with van der Waals surface area (Å²) in [6.07, 6.45) is 26.6. The van der Waals surface area contributed by atoms with Gasteiger partial charge in [0.25, 0.3) is 0 Å². The van der Waals surface area contributed by atoms with Gasteiger partial charge in [0.1, 0.15) is 0 Å². The van der Waals surface area contributed by atoms with E-state index >= 15 is 0 Å². The molecule has 0 saturated heterocycles. The summed E-state index contributed by atoms with van der Waals surface area (Å²) in [6.45, 7) is 2.29. The summed E-state index contributed by atoms with van der Waals surface area (Å²) in [5.74, 6) is 0.0695. The minimum absolute atomic E-state index is 0.0695. The van der Waals surface area contributed by atoms with Crippen LogP contribution in [-0.4, -0.2) is 5.91 Å². The quantitative estimate of drug-likeness (QED) is 0.186. The number of halogens is 1. The first-order valence-corrected chi connectivity index (χ1v) is 13.7. The van der Waals surface area contributed by atoms with E-state index in [9.17, 15) is 4.79 Å². The Morgan fingerprint density at radius 1 is 0.645 bits per heavy atom. The van der Waals surface area contributed by atoms with E-state index < -0.39 is 0 Å². The van der Waals surface area contributed by atoms with Crippen LogP contribution in [0.1, 0.15) is 135 Å². The lowest BCUT2D eigenvalue weighted by atomic mass is 10.0. The molecule has 31 heavy (non-hydrogen) atoms. The van der Waals surface area contributed by atoms with Crippen molar-refractivity contribution >= 4 is 23.2 Å². The molecule has 0 aliphatic heterocycles. The molecule has 0 fully saturated rings. The smallest absolute Gasteiger partial charge is 0.224 e. The Bertz CT molecular complexity index is 546. The highest BCUT2D eigenvalue weighted by Crippen LogP contribution is 2.21. The van der Waals surface area contributed by atoms with Crippen molar-refractivity contribution in [3.8, 4) is 0 Å². The van der Waals surface area contributed by atoms with Gasteiger partial charge in [0.15, 0.2) is 0 Å². The Morgan fingerprint density at radius 2 is 1.03 bits per heavy atom. The van der Waals surface area contributed by atoms with Crippen LogP contribution in [0, 0.1) is 0 Å². The first-order valence-electron chi connectivity index (χ1n) is 13.3. The molecule has 0 heterocycles. The maximum atomic E-state index is 12.0. The normalized spacial score (nSPS) is 11.0. The van der Waals surface area contributed by atoms with Gasteiger partial charge in [-0.25, -0.2) is 0 Å². The Kier molecular flexibility index (Phi) is 18.8. The predicted octanol–water partition coefficient (Wildman–Crippen LogP) is 10.1. The number of para-hydroxylation sites is 1. The summed E-state index contributed by atoms with van der Waals surface area (Å²) in [6, 6.07) is 7.40. The van der Waals surface area contributed by atoms with E-state index in [1.807, 2.05) is 18.2 Å². The Labute approximate surface area is 197 Å². The molecule has 1 N–H and O–H groups in total. The van der Waals surface area contributed by atoms with Crippen molar-refractivity contribution < 1.29 is 4.79 Å². The van der Waals surface area contributed by atoms with Crippen LogP contribution in [0.5, 0.6) is 0 Å². The predicted molar refractivity (Wildman–Crippen MR) is 138 cm³/mol. The van der Waals surface area contributed by atoms with Crippen molar-refractivity contribution in [1.29, 1.82) is 0 Å². The summed E-state index contributed by atoms with van der Waals surface area (Å²) in [5.41, 5.74) is 0.715. The third kappa shape index (κ3) is 17.2. The Balaban J connectivity index is 1.76. The molecule has 0 aliphatic rings. The van der Waals surface area contributed by atoms with E-state index in [-0.39, 0.29) is 5.91 Å². The van der Waals surface area contributed by atoms with E-state index in [0.717, 1.165) is 12.8 Å². The number of unbranched alkanes of at least 4 members (excludes halogenated alkanes) is 18. The van der Waals surface area contributed by atoms with Crippen LogP contribution in [0.4, 0.5) is 5.69 Å². The highest BCUT2D eigenvalue weighted by Gasteiger charge is 2.04. The molecule has 3 heteroatoms. The summed E-state index contributed by atoms with van der Waals surface area (Å²) in [5, 5.41) is 3.50. The number of rotatable bonds is 21. The first kappa shape index (κ1) is 28.0. The lowest BCUT2D eigenvalue weighted by molar-refractivity contribution is -0.116. The molecule has 0 spiro atoms. The second-order valence-corrected chi connectivity index (χ2v) is 9.55. The average Bonchev–Trinajstić information content (AvgIpc) is 2.77. The highest BCUT2D eigenvalue weighted by molar-refractivity contribution is 6.33. The molecule has 0 atom stereocenters. The van der Waals surface area contributed by atoms with Gasteiger partial charge in [0, 0.05) is 6.42 Å². The fourth-order valence-electron chi connectivity index (χ4n) is 4.14. The number of benzene rings is 1. The van der Waals surface area contributed by atoms with Crippen molar-refractivity contribution in [3.63, 3.8) is 0 Å². The zero-order valence-corrected chi connectivity index (χ0v) is 21.0. The topological polar surface area (TPSA) is 29.1 Å². The molecule has 0 aliphatic carbocycles. The number of carbonyl (C=O) groups is 1. The molecule has 2 nitrogen and oxygen atoms in total. The van der Waals surface area contributed by atoms with Crippen LogP contribution >= 0.6 is 11.6 Å². The van der Waals surface area contributed by atoms with Crippen molar-refractivity contribution in [2.75, 3.05) is 5.32 Å². The van der Waals surface area contributed by atoms with Crippen molar-refractivity contribution in [1.82, 2.24) is 0 Å². The van der Waals surface area contributed by atoms with Gasteiger partial charge in [0.05, 0.1) is 10.7 Å². The molecule has 0 bridgehead atoms. The zero-order chi connectivity index (χ0) is 22.4. The number of carbonyl (C=O) groups excluding carboxylic acids is 1.